The Balaban J connectivity index is 2.10. The monoisotopic (exact) mass is 216 g/mol. The second kappa shape index (κ2) is 3.87. The molecule has 0 bridgehead atoms. The van der Waals surface area contributed by atoms with Crippen LogP contribution in [0.3, 0.4) is 0 Å². The van der Waals surface area contributed by atoms with E-state index in [0.717, 1.165) is 24.6 Å². The quantitative estimate of drug-likeness (QED) is 0.785. The molecular formula is C12H16N4. The Morgan fingerprint density at radius 1 is 1.38 bits per heavy atom. The van der Waals surface area contributed by atoms with Crippen LogP contribution in [0.25, 0.3) is 5.78 Å². The van der Waals surface area contributed by atoms with Crippen LogP contribution in [0.2, 0.25) is 0 Å². The lowest BCUT2D eigenvalue weighted by atomic mass is 9.93. The molecule has 1 N–H and O–H groups in total. The summed E-state index contributed by atoms with van der Waals surface area (Å²) in [6.45, 7) is 4.31. The number of imidazole rings is 1. The Morgan fingerprint density at radius 2 is 2.19 bits per heavy atom. The molecule has 0 amide bonds. The molecule has 3 heterocycles. The maximum absolute atomic E-state index is 4.52. The number of hydrogen-bond donors (Lipinski definition) is 1. The highest BCUT2D eigenvalue weighted by Crippen LogP contribution is 2.27. The molecule has 0 aromatic carbocycles. The summed E-state index contributed by atoms with van der Waals surface area (Å²) >= 11 is 0. The minimum absolute atomic E-state index is 0.625. The second-order valence-corrected chi connectivity index (χ2v) is 4.40. The summed E-state index contributed by atoms with van der Waals surface area (Å²) in [5, 5.41) is 3.40. The van der Waals surface area contributed by atoms with Crippen LogP contribution in [0.5, 0.6) is 0 Å². The number of nitrogens with one attached hydrogen (secondary N) is 1. The largest absolute Gasteiger partial charge is 0.317 e. The fourth-order valence-electron chi connectivity index (χ4n) is 2.60. The van der Waals surface area contributed by atoms with Crippen molar-refractivity contribution in [1.82, 2.24) is 19.7 Å². The molecule has 16 heavy (non-hydrogen) atoms. The van der Waals surface area contributed by atoms with E-state index in [0.29, 0.717) is 5.92 Å². The first-order chi connectivity index (χ1) is 7.86. The van der Waals surface area contributed by atoms with Crippen molar-refractivity contribution in [2.45, 2.75) is 25.7 Å². The molecule has 1 fully saturated rings. The van der Waals surface area contributed by atoms with Crippen LogP contribution in [0.4, 0.5) is 0 Å². The van der Waals surface area contributed by atoms with E-state index in [1.807, 2.05) is 6.07 Å². The van der Waals surface area contributed by atoms with Crippen molar-refractivity contribution in [3.05, 3.63) is 29.8 Å². The molecule has 3 rings (SSSR count). The highest BCUT2D eigenvalue weighted by Gasteiger charge is 2.21. The standard InChI is InChI=1S/C12H16N4/c1-9-11(10-3-6-13-7-4-10)16-8-2-5-14-12(16)15-9/h2,5,8,10,13H,3-4,6-7H2,1H3. The maximum Gasteiger partial charge on any atom is 0.234 e. The van der Waals surface area contributed by atoms with Gasteiger partial charge in [0.2, 0.25) is 5.78 Å². The Kier molecular flexibility index (Phi) is 2.36. The van der Waals surface area contributed by atoms with Crippen molar-refractivity contribution in [2.24, 2.45) is 0 Å². The Hall–Kier alpha value is -1.42. The Morgan fingerprint density at radius 3 is 3.00 bits per heavy atom. The molecule has 0 unspecified atom stereocenters. The van der Waals surface area contributed by atoms with Crippen LogP contribution in [-0.4, -0.2) is 27.5 Å². The number of rotatable bonds is 1. The van der Waals surface area contributed by atoms with Gasteiger partial charge in [0.25, 0.3) is 0 Å². The zero-order valence-corrected chi connectivity index (χ0v) is 9.48. The average molecular weight is 216 g/mol. The Labute approximate surface area is 94.7 Å². The molecule has 84 valence electrons. The van der Waals surface area contributed by atoms with Crippen LogP contribution in [0, 0.1) is 6.92 Å². The van der Waals surface area contributed by atoms with Crippen molar-refractivity contribution in [3.63, 3.8) is 0 Å². The van der Waals surface area contributed by atoms with Crippen molar-refractivity contribution >= 4 is 5.78 Å². The molecule has 0 aliphatic carbocycles. The summed E-state index contributed by atoms with van der Waals surface area (Å²) in [5.41, 5.74) is 2.48. The fraction of sp³-hybridized carbons (Fsp3) is 0.500. The molecule has 2 aromatic rings. The van der Waals surface area contributed by atoms with Crippen LogP contribution in [-0.2, 0) is 0 Å². The first-order valence-electron chi connectivity index (χ1n) is 5.86. The fourth-order valence-corrected chi connectivity index (χ4v) is 2.60. The van der Waals surface area contributed by atoms with E-state index in [-0.39, 0.29) is 0 Å². The van der Waals surface area contributed by atoms with E-state index in [1.165, 1.54) is 18.5 Å². The molecule has 0 atom stereocenters. The van der Waals surface area contributed by atoms with Gasteiger partial charge in [0.1, 0.15) is 0 Å². The maximum atomic E-state index is 4.52. The summed E-state index contributed by atoms with van der Waals surface area (Å²) in [6, 6.07) is 1.97. The third-order valence-corrected chi connectivity index (χ3v) is 3.35. The van der Waals surface area contributed by atoms with Gasteiger partial charge in [-0.3, -0.25) is 4.40 Å². The minimum atomic E-state index is 0.625. The summed E-state index contributed by atoms with van der Waals surface area (Å²) in [5.74, 6) is 1.45. The van der Waals surface area contributed by atoms with Crippen LogP contribution in [0.1, 0.15) is 30.1 Å². The number of aromatic nitrogens is 3. The topological polar surface area (TPSA) is 42.2 Å². The zero-order valence-electron chi connectivity index (χ0n) is 9.48. The molecule has 1 saturated heterocycles. The van der Waals surface area contributed by atoms with E-state index < -0.39 is 0 Å². The molecule has 0 radical (unpaired) electrons. The van der Waals surface area contributed by atoms with Crippen molar-refractivity contribution in [3.8, 4) is 0 Å². The Bertz CT molecular complexity index is 497. The summed E-state index contributed by atoms with van der Waals surface area (Å²) in [6.07, 6.45) is 6.26. The number of hydrogen-bond acceptors (Lipinski definition) is 3. The van der Waals surface area contributed by atoms with Gasteiger partial charge in [-0.25, -0.2) is 9.97 Å². The first kappa shape index (κ1) is 9.78. The molecule has 0 spiro atoms. The lowest BCUT2D eigenvalue weighted by Gasteiger charge is -2.22. The summed E-state index contributed by atoms with van der Waals surface area (Å²) < 4.78 is 2.14. The number of nitrogens with zero attached hydrogens (tertiary/aromatic N) is 3. The number of piperidine rings is 1. The molecule has 4 heteroatoms. The van der Waals surface area contributed by atoms with Gasteiger partial charge in [-0.1, -0.05) is 0 Å². The minimum Gasteiger partial charge on any atom is -0.317 e. The van der Waals surface area contributed by atoms with Crippen molar-refractivity contribution in [1.29, 1.82) is 0 Å². The predicted molar refractivity (Wildman–Crippen MR) is 62.6 cm³/mol. The van der Waals surface area contributed by atoms with Crippen molar-refractivity contribution < 1.29 is 0 Å². The molecule has 2 aromatic heterocycles. The van der Waals surface area contributed by atoms with E-state index in [2.05, 4.69) is 32.8 Å². The summed E-state index contributed by atoms with van der Waals surface area (Å²) in [7, 11) is 0. The zero-order chi connectivity index (χ0) is 11.0. The van der Waals surface area contributed by atoms with Gasteiger partial charge in [-0.2, -0.15) is 0 Å². The molecular weight excluding hydrogens is 200 g/mol. The lowest BCUT2D eigenvalue weighted by Crippen LogP contribution is -2.27. The molecule has 4 nitrogen and oxygen atoms in total. The van der Waals surface area contributed by atoms with Gasteiger partial charge < -0.3 is 5.32 Å². The highest BCUT2D eigenvalue weighted by molar-refractivity contribution is 5.36. The molecule has 1 aliphatic rings. The van der Waals surface area contributed by atoms with Gasteiger partial charge >= 0.3 is 0 Å². The highest BCUT2D eigenvalue weighted by atomic mass is 15.1. The van der Waals surface area contributed by atoms with Crippen LogP contribution < -0.4 is 5.32 Å². The second-order valence-electron chi connectivity index (χ2n) is 4.40. The van der Waals surface area contributed by atoms with E-state index in [4.69, 9.17) is 0 Å². The number of aryl methyl sites for hydroxylation is 1. The third kappa shape index (κ3) is 1.50. The first-order valence-corrected chi connectivity index (χ1v) is 5.86. The van der Waals surface area contributed by atoms with Gasteiger partial charge in [-0.15, -0.1) is 0 Å². The number of fused-ring (bicyclic) bond motifs is 1. The van der Waals surface area contributed by atoms with E-state index >= 15 is 0 Å². The normalized spacial score (nSPS) is 18.1. The van der Waals surface area contributed by atoms with Crippen LogP contribution >= 0.6 is 0 Å². The third-order valence-electron chi connectivity index (χ3n) is 3.35. The van der Waals surface area contributed by atoms with Gasteiger partial charge in [-0.05, 0) is 38.9 Å². The molecule has 0 saturated carbocycles. The predicted octanol–water partition coefficient (Wildman–Crippen LogP) is 1.50. The van der Waals surface area contributed by atoms with Gasteiger partial charge in [0.05, 0.1) is 11.4 Å². The van der Waals surface area contributed by atoms with Crippen LogP contribution in [0.15, 0.2) is 18.5 Å². The lowest BCUT2D eigenvalue weighted by molar-refractivity contribution is 0.450. The van der Waals surface area contributed by atoms with Gasteiger partial charge in [0.15, 0.2) is 0 Å². The molecule has 1 aliphatic heterocycles. The summed E-state index contributed by atoms with van der Waals surface area (Å²) in [4.78, 5) is 8.81. The van der Waals surface area contributed by atoms with Gasteiger partial charge in [0, 0.05) is 18.3 Å². The van der Waals surface area contributed by atoms with Crippen molar-refractivity contribution in [2.75, 3.05) is 13.1 Å². The SMILES string of the molecule is Cc1nc2ncccn2c1C1CCNCC1. The van der Waals surface area contributed by atoms with E-state index in [1.54, 1.807) is 6.20 Å². The average Bonchev–Trinajstić information content (AvgIpc) is 2.66. The smallest absolute Gasteiger partial charge is 0.234 e. The van der Waals surface area contributed by atoms with E-state index in [9.17, 15) is 0 Å².